The van der Waals surface area contributed by atoms with Gasteiger partial charge in [0.1, 0.15) is 0 Å². The molecule has 1 N–H and O–H groups in total. The van der Waals surface area contributed by atoms with Gasteiger partial charge in [-0.25, -0.2) is 4.79 Å². The van der Waals surface area contributed by atoms with Crippen molar-refractivity contribution in [3.63, 3.8) is 0 Å². The van der Waals surface area contributed by atoms with Crippen LogP contribution >= 0.6 is 38.5 Å². The predicted octanol–water partition coefficient (Wildman–Crippen LogP) is 3.32. The molecule has 0 aliphatic carbocycles. The number of rotatable bonds is 4. The Hall–Kier alpha value is -0.100. The SMILES string of the molecule is O=C(O)c1ccc(CCCBr)cc1I. The Balaban J connectivity index is 2.83. The molecule has 2 nitrogen and oxygen atoms in total. The van der Waals surface area contributed by atoms with Crippen molar-refractivity contribution >= 4 is 44.5 Å². The Kier molecular flexibility index (Phi) is 4.88. The van der Waals surface area contributed by atoms with Gasteiger partial charge in [0.2, 0.25) is 0 Å². The molecule has 0 atom stereocenters. The van der Waals surface area contributed by atoms with Crippen molar-refractivity contribution in [2.24, 2.45) is 0 Å². The fraction of sp³-hybridized carbons (Fsp3) is 0.300. The first-order valence-electron chi connectivity index (χ1n) is 4.23. The topological polar surface area (TPSA) is 37.3 Å². The third kappa shape index (κ3) is 3.24. The first kappa shape index (κ1) is 12.0. The first-order chi connectivity index (χ1) is 6.65. The number of benzene rings is 1. The van der Waals surface area contributed by atoms with Crippen molar-refractivity contribution in [2.75, 3.05) is 5.33 Å². The summed E-state index contributed by atoms with van der Waals surface area (Å²) in [4.78, 5) is 10.7. The lowest BCUT2D eigenvalue weighted by molar-refractivity contribution is 0.0695. The number of alkyl halides is 1. The number of halogens is 2. The maximum Gasteiger partial charge on any atom is 0.336 e. The fourth-order valence-electron chi connectivity index (χ4n) is 1.16. The Morgan fingerprint density at radius 3 is 2.71 bits per heavy atom. The van der Waals surface area contributed by atoms with E-state index in [-0.39, 0.29) is 0 Å². The molecule has 76 valence electrons. The van der Waals surface area contributed by atoms with Crippen molar-refractivity contribution in [1.82, 2.24) is 0 Å². The van der Waals surface area contributed by atoms with Crippen LogP contribution in [0.4, 0.5) is 0 Å². The highest BCUT2D eigenvalue weighted by Crippen LogP contribution is 2.16. The van der Waals surface area contributed by atoms with E-state index in [0.29, 0.717) is 5.56 Å². The predicted molar refractivity (Wildman–Crippen MR) is 68.2 cm³/mol. The van der Waals surface area contributed by atoms with Crippen molar-refractivity contribution in [3.05, 3.63) is 32.9 Å². The Labute approximate surface area is 105 Å². The zero-order valence-electron chi connectivity index (χ0n) is 7.46. The Morgan fingerprint density at radius 1 is 1.50 bits per heavy atom. The number of hydrogen-bond acceptors (Lipinski definition) is 1. The summed E-state index contributed by atoms with van der Waals surface area (Å²) in [7, 11) is 0. The molecule has 0 radical (unpaired) electrons. The van der Waals surface area contributed by atoms with Gasteiger partial charge < -0.3 is 5.11 Å². The fourth-order valence-corrected chi connectivity index (χ4v) is 2.25. The van der Waals surface area contributed by atoms with Crippen molar-refractivity contribution in [3.8, 4) is 0 Å². The van der Waals surface area contributed by atoms with Crippen LogP contribution in [-0.4, -0.2) is 16.4 Å². The Morgan fingerprint density at radius 2 is 2.21 bits per heavy atom. The molecule has 14 heavy (non-hydrogen) atoms. The summed E-state index contributed by atoms with van der Waals surface area (Å²) < 4.78 is 0.808. The third-order valence-electron chi connectivity index (χ3n) is 1.86. The second-order valence-electron chi connectivity index (χ2n) is 2.91. The van der Waals surface area contributed by atoms with Crippen LogP contribution in [-0.2, 0) is 6.42 Å². The van der Waals surface area contributed by atoms with Crippen LogP contribution in [0.15, 0.2) is 18.2 Å². The molecule has 0 bridgehead atoms. The van der Waals surface area contributed by atoms with Gasteiger partial charge >= 0.3 is 5.97 Å². The molecule has 0 aliphatic rings. The summed E-state index contributed by atoms with van der Waals surface area (Å²) in [6, 6.07) is 5.49. The molecule has 4 heteroatoms. The van der Waals surface area contributed by atoms with E-state index in [9.17, 15) is 4.79 Å². The smallest absolute Gasteiger partial charge is 0.336 e. The molecular weight excluding hydrogens is 359 g/mol. The molecule has 1 aromatic rings. The normalized spacial score (nSPS) is 10.1. The van der Waals surface area contributed by atoms with E-state index >= 15 is 0 Å². The highest BCUT2D eigenvalue weighted by molar-refractivity contribution is 14.1. The molecule has 0 heterocycles. The summed E-state index contributed by atoms with van der Waals surface area (Å²) in [5.74, 6) is -0.860. The van der Waals surface area contributed by atoms with E-state index in [0.717, 1.165) is 21.7 Å². The van der Waals surface area contributed by atoms with E-state index in [1.807, 2.05) is 12.1 Å². The maximum absolute atomic E-state index is 10.7. The minimum absolute atomic E-state index is 0.383. The zero-order chi connectivity index (χ0) is 10.6. The maximum atomic E-state index is 10.7. The Bertz CT molecular complexity index is 339. The quantitative estimate of drug-likeness (QED) is 0.653. The number of aromatic carboxylic acids is 1. The van der Waals surface area contributed by atoms with Gasteiger partial charge in [-0.3, -0.25) is 0 Å². The van der Waals surface area contributed by atoms with Gasteiger partial charge in [-0.1, -0.05) is 22.0 Å². The van der Waals surface area contributed by atoms with Gasteiger partial charge in [-0.15, -0.1) is 0 Å². The van der Waals surface area contributed by atoms with Crippen LogP contribution < -0.4 is 0 Å². The van der Waals surface area contributed by atoms with Gasteiger partial charge in [0.25, 0.3) is 0 Å². The molecule has 1 aromatic carbocycles. The van der Waals surface area contributed by atoms with Gasteiger partial charge in [0.15, 0.2) is 0 Å². The molecule has 0 saturated carbocycles. The average molecular weight is 369 g/mol. The van der Waals surface area contributed by atoms with E-state index in [1.165, 1.54) is 5.56 Å². The monoisotopic (exact) mass is 368 g/mol. The van der Waals surface area contributed by atoms with Gasteiger partial charge in [-0.05, 0) is 53.1 Å². The number of carboxylic acid groups (broad SMARTS) is 1. The molecule has 0 amide bonds. The number of hydrogen-bond donors (Lipinski definition) is 1. The van der Waals surface area contributed by atoms with Crippen LogP contribution in [0.2, 0.25) is 0 Å². The minimum Gasteiger partial charge on any atom is -0.478 e. The summed E-state index contributed by atoms with van der Waals surface area (Å²) in [5.41, 5.74) is 1.58. The van der Waals surface area contributed by atoms with Crippen LogP contribution in [0.25, 0.3) is 0 Å². The van der Waals surface area contributed by atoms with Gasteiger partial charge in [0.05, 0.1) is 5.56 Å². The van der Waals surface area contributed by atoms with Crippen LogP contribution in [0.1, 0.15) is 22.3 Å². The molecule has 0 aromatic heterocycles. The lowest BCUT2D eigenvalue weighted by Crippen LogP contribution is -2.00. The molecule has 0 aliphatic heterocycles. The van der Waals surface area contributed by atoms with Crippen molar-refractivity contribution in [1.29, 1.82) is 0 Å². The summed E-state index contributed by atoms with van der Waals surface area (Å²) in [6.45, 7) is 0. The highest BCUT2D eigenvalue weighted by Gasteiger charge is 2.07. The number of aryl methyl sites for hydroxylation is 1. The lowest BCUT2D eigenvalue weighted by atomic mass is 10.1. The van der Waals surface area contributed by atoms with E-state index < -0.39 is 5.97 Å². The molecule has 0 saturated heterocycles. The zero-order valence-corrected chi connectivity index (χ0v) is 11.2. The molecule has 0 unspecified atom stereocenters. The van der Waals surface area contributed by atoms with Crippen LogP contribution in [0.3, 0.4) is 0 Å². The molecular formula is C10H10BrIO2. The first-order valence-corrected chi connectivity index (χ1v) is 6.43. The lowest BCUT2D eigenvalue weighted by Gasteiger charge is -2.03. The summed E-state index contributed by atoms with van der Waals surface area (Å²) in [5, 5.41) is 9.80. The van der Waals surface area contributed by atoms with Crippen LogP contribution in [0.5, 0.6) is 0 Å². The standard InChI is InChI=1S/C10H10BrIO2/c11-5-1-2-7-3-4-8(10(13)14)9(12)6-7/h3-4,6H,1-2,5H2,(H,13,14). The van der Waals surface area contributed by atoms with E-state index in [1.54, 1.807) is 6.07 Å². The minimum atomic E-state index is -0.860. The van der Waals surface area contributed by atoms with Crippen LogP contribution in [0, 0.1) is 3.57 Å². The van der Waals surface area contributed by atoms with Crippen molar-refractivity contribution < 1.29 is 9.90 Å². The molecule has 1 rings (SSSR count). The van der Waals surface area contributed by atoms with E-state index in [2.05, 4.69) is 38.5 Å². The number of carbonyl (C=O) groups is 1. The summed E-state index contributed by atoms with van der Waals surface area (Å²) >= 11 is 5.43. The number of carboxylic acids is 1. The third-order valence-corrected chi connectivity index (χ3v) is 3.32. The second-order valence-corrected chi connectivity index (χ2v) is 4.87. The largest absolute Gasteiger partial charge is 0.478 e. The average Bonchev–Trinajstić information content (AvgIpc) is 2.14. The highest BCUT2D eigenvalue weighted by atomic mass is 127. The summed E-state index contributed by atoms with van der Waals surface area (Å²) in [6.07, 6.45) is 2.06. The second kappa shape index (κ2) is 5.70. The van der Waals surface area contributed by atoms with Crippen molar-refractivity contribution in [2.45, 2.75) is 12.8 Å². The van der Waals surface area contributed by atoms with E-state index in [4.69, 9.17) is 5.11 Å². The van der Waals surface area contributed by atoms with Gasteiger partial charge in [0, 0.05) is 8.90 Å². The molecule has 0 spiro atoms. The molecule has 0 fully saturated rings. The van der Waals surface area contributed by atoms with Gasteiger partial charge in [-0.2, -0.15) is 0 Å².